The monoisotopic (exact) mass is 245 g/mol. The summed E-state index contributed by atoms with van der Waals surface area (Å²) in [5.74, 6) is 0. The lowest BCUT2D eigenvalue weighted by Crippen LogP contribution is -2.29. The fourth-order valence-electron chi connectivity index (χ4n) is 2.55. The molecular formula is C16H23NO. The summed E-state index contributed by atoms with van der Waals surface area (Å²) in [5.41, 5.74) is 4.26. The maximum absolute atomic E-state index is 5.44. The topological polar surface area (TPSA) is 21.3 Å². The number of benzene rings is 1. The van der Waals surface area contributed by atoms with Crippen LogP contribution >= 0.6 is 0 Å². The lowest BCUT2D eigenvalue weighted by Gasteiger charge is -2.23. The summed E-state index contributed by atoms with van der Waals surface area (Å²) >= 11 is 0. The SMILES string of the molecule is CNC(CCc1ccccc1C)C1=COCCC1. The smallest absolute Gasteiger partial charge is 0.0876 e. The molecule has 0 saturated carbocycles. The molecule has 1 aromatic carbocycles. The van der Waals surface area contributed by atoms with Gasteiger partial charge in [-0.25, -0.2) is 0 Å². The van der Waals surface area contributed by atoms with E-state index in [4.69, 9.17) is 4.74 Å². The molecule has 0 spiro atoms. The first-order valence-electron chi connectivity index (χ1n) is 6.83. The second-order valence-corrected chi connectivity index (χ2v) is 4.97. The molecule has 1 aliphatic heterocycles. The van der Waals surface area contributed by atoms with Gasteiger partial charge in [0.1, 0.15) is 0 Å². The Morgan fingerprint density at radius 3 is 2.83 bits per heavy atom. The van der Waals surface area contributed by atoms with Crippen molar-refractivity contribution >= 4 is 0 Å². The van der Waals surface area contributed by atoms with Crippen molar-refractivity contribution in [3.8, 4) is 0 Å². The van der Waals surface area contributed by atoms with Crippen LogP contribution in [-0.4, -0.2) is 19.7 Å². The highest BCUT2D eigenvalue weighted by Crippen LogP contribution is 2.20. The second kappa shape index (κ2) is 6.60. The van der Waals surface area contributed by atoms with E-state index in [1.54, 1.807) is 0 Å². The third kappa shape index (κ3) is 3.36. The molecule has 2 rings (SSSR count). The molecule has 1 aromatic rings. The molecule has 18 heavy (non-hydrogen) atoms. The number of rotatable bonds is 5. The Bertz CT molecular complexity index is 411. The Morgan fingerprint density at radius 1 is 1.33 bits per heavy atom. The van der Waals surface area contributed by atoms with E-state index in [1.165, 1.54) is 23.1 Å². The van der Waals surface area contributed by atoms with Gasteiger partial charge in [-0.3, -0.25) is 0 Å². The zero-order chi connectivity index (χ0) is 12.8. The van der Waals surface area contributed by atoms with Gasteiger partial charge in [-0.15, -0.1) is 0 Å². The van der Waals surface area contributed by atoms with E-state index in [0.29, 0.717) is 6.04 Å². The minimum Gasteiger partial charge on any atom is -0.501 e. The first-order valence-corrected chi connectivity index (χ1v) is 6.83. The van der Waals surface area contributed by atoms with Gasteiger partial charge >= 0.3 is 0 Å². The summed E-state index contributed by atoms with van der Waals surface area (Å²) < 4.78 is 5.44. The lowest BCUT2D eigenvalue weighted by atomic mass is 9.94. The third-order valence-corrected chi connectivity index (χ3v) is 3.72. The number of hydrogen-bond acceptors (Lipinski definition) is 2. The van der Waals surface area contributed by atoms with E-state index in [-0.39, 0.29) is 0 Å². The number of likely N-dealkylation sites (N-methyl/N-ethyl adjacent to an activating group) is 1. The van der Waals surface area contributed by atoms with Crippen LogP contribution in [0.4, 0.5) is 0 Å². The predicted molar refractivity (Wildman–Crippen MR) is 75.6 cm³/mol. The molecule has 0 fully saturated rings. The van der Waals surface area contributed by atoms with Gasteiger partial charge < -0.3 is 10.1 Å². The fraction of sp³-hybridized carbons (Fsp3) is 0.500. The Labute approximate surface area is 110 Å². The summed E-state index contributed by atoms with van der Waals surface area (Å²) in [6.45, 7) is 3.06. The highest BCUT2D eigenvalue weighted by atomic mass is 16.5. The molecule has 1 aliphatic rings. The summed E-state index contributed by atoms with van der Waals surface area (Å²) in [5, 5.41) is 3.41. The van der Waals surface area contributed by atoms with Crippen molar-refractivity contribution in [1.29, 1.82) is 0 Å². The van der Waals surface area contributed by atoms with Gasteiger partial charge in [0.05, 0.1) is 12.9 Å². The third-order valence-electron chi connectivity index (χ3n) is 3.72. The Balaban J connectivity index is 1.95. The van der Waals surface area contributed by atoms with Gasteiger partial charge in [0.25, 0.3) is 0 Å². The summed E-state index contributed by atoms with van der Waals surface area (Å²) in [6.07, 6.45) is 6.53. The zero-order valence-electron chi connectivity index (χ0n) is 11.4. The van der Waals surface area contributed by atoms with Crippen LogP contribution < -0.4 is 5.32 Å². The van der Waals surface area contributed by atoms with Crippen molar-refractivity contribution < 1.29 is 4.74 Å². The molecule has 2 nitrogen and oxygen atoms in total. The second-order valence-electron chi connectivity index (χ2n) is 4.97. The van der Waals surface area contributed by atoms with E-state index < -0.39 is 0 Å². The Hall–Kier alpha value is -1.28. The first-order chi connectivity index (χ1) is 8.81. The minimum absolute atomic E-state index is 0.449. The molecule has 0 aromatic heterocycles. The Kier molecular flexibility index (Phi) is 4.82. The van der Waals surface area contributed by atoms with E-state index in [2.05, 4.69) is 36.5 Å². The predicted octanol–water partition coefficient (Wildman–Crippen LogP) is 3.21. The maximum Gasteiger partial charge on any atom is 0.0876 e. The van der Waals surface area contributed by atoms with Gasteiger partial charge in [-0.1, -0.05) is 24.3 Å². The average Bonchev–Trinajstić information content (AvgIpc) is 2.42. The molecule has 2 heteroatoms. The lowest BCUT2D eigenvalue weighted by molar-refractivity contribution is 0.219. The first kappa shape index (κ1) is 13.2. The molecule has 0 aliphatic carbocycles. The van der Waals surface area contributed by atoms with E-state index >= 15 is 0 Å². The highest BCUT2D eigenvalue weighted by molar-refractivity contribution is 5.26. The van der Waals surface area contributed by atoms with Crippen molar-refractivity contribution in [2.75, 3.05) is 13.7 Å². The van der Waals surface area contributed by atoms with Crippen LogP contribution in [0.2, 0.25) is 0 Å². The van der Waals surface area contributed by atoms with Crippen LogP contribution in [0.25, 0.3) is 0 Å². The molecule has 0 saturated heterocycles. The van der Waals surface area contributed by atoms with E-state index in [1.807, 2.05) is 13.3 Å². The van der Waals surface area contributed by atoms with Crippen LogP contribution in [0.3, 0.4) is 0 Å². The van der Waals surface area contributed by atoms with Gasteiger partial charge in [0.2, 0.25) is 0 Å². The minimum atomic E-state index is 0.449. The largest absolute Gasteiger partial charge is 0.501 e. The van der Waals surface area contributed by atoms with Crippen LogP contribution in [0.5, 0.6) is 0 Å². The molecule has 98 valence electrons. The van der Waals surface area contributed by atoms with Gasteiger partial charge in [-0.05, 0) is 56.4 Å². The molecule has 1 N–H and O–H groups in total. The van der Waals surface area contributed by atoms with Crippen LogP contribution in [0, 0.1) is 6.92 Å². The molecule has 0 amide bonds. The quantitative estimate of drug-likeness (QED) is 0.860. The number of aryl methyl sites for hydroxylation is 2. The molecule has 0 radical (unpaired) electrons. The Morgan fingerprint density at radius 2 is 2.17 bits per heavy atom. The molecule has 0 bridgehead atoms. The summed E-state index contributed by atoms with van der Waals surface area (Å²) in [4.78, 5) is 0. The van der Waals surface area contributed by atoms with Crippen LogP contribution in [0.15, 0.2) is 36.1 Å². The van der Waals surface area contributed by atoms with Crippen LogP contribution in [-0.2, 0) is 11.2 Å². The standard InChI is InChI=1S/C16H23NO/c1-13-6-3-4-7-14(13)9-10-16(17-2)15-8-5-11-18-12-15/h3-4,6-7,12,16-17H,5,8-11H2,1-2H3. The highest BCUT2D eigenvalue weighted by Gasteiger charge is 2.15. The van der Waals surface area contributed by atoms with Crippen molar-refractivity contribution in [3.05, 3.63) is 47.2 Å². The van der Waals surface area contributed by atoms with Gasteiger partial charge in [0, 0.05) is 6.04 Å². The maximum atomic E-state index is 5.44. The number of ether oxygens (including phenoxy) is 1. The number of nitrogens with one attached hydrogen (secondary N) is 1. The molecule has 1 heterocycles. The molecule has 1 unspecified atom stereocenters. The van der Waals surface area contributed by atoms with E-state index in [9.17, 15) is 0 Å². The van der Waals surface area contributed by atoms with E-state index in [0.717, 1.165) is 25.9 Å². The summed E-state index contributed by atoms with van der Waals surface area (Å²) in [7, 11) is 2.04. The van der Waals surface area contributed by atoms with Crippen molar-refractivity contribution in [2.24, 2.45) is 0 Å². The molecular weight excluding hydrogens is 222 g/mol. The van der Waals surface area contributed by atoms with Gasteiger partial charge in [0.15, 0.2) is 0 Å². The van der Waals surface area contributed by atoms with Gasteiger partial charge in [-0.2, -0.15) is 0 Å². The zero-order valence-corrected chi connectivity index (χ0v) is 11.4. The van der Waals surface area contributed by atoms with Crippen molar-refractivity contribution in [2.45, 2.75) is 38.6 Å². The average molecular weight is 245 g/mol. The summed E-state index contributed by atoms with van der Waals surface area (Å²) in [6, 6.07) is 9.09. The fourth-order valence-corrected chi connectivity index (χ4v) is 2.55. The van der Waals surface area contributed by atoms with Crippen LogP contribution in [0.1, 0.15) is 30.4 Å². The number of hydrogen-bond donors (Lipinski definition) is 1. The molecule has 1 atom stereocenters. The normalized spacial score (nSPS) is 16.9. The van der Waals surface area contributed by atoms with Crippen molar-refractivity contribution in [3.63, 3.8) is 0 Å². The van der Waals surface area contributed by atoms with Crippen molar-refractivity contribution in [1.82, 2.24) is 5.32 Å².